The summed E-state index contributed by atoms with van der Waals surface area (Å²) >= 11 is 0. The molecule has 0 unspecified atom stereocenters. The maximum Gasteiger partial charge on any atom is 0.435 e. The fraction of sp³-hybridized carbons (Fsp3) is 0.438. The number of pyridine rings is 1. The van der Waals surface area contributed by atoms with E-state index in [0.29, 0.717) is 13.1 Å². The maximum atomic E-state index is 13.1. The van der Waals surface area contributed by atoms with Crippen LogP contribution in [0.2, 0.25) is 0 Å². The molecule has 2 aromatic heterocycles. The first-order valence-corrected chi connectivity index (χ1v) is 7.53. The highest BCUT2D eigenvalue weighted by molar-refractivity contribution is 5.97. The molecule has 0 atom stereocenters. The zero-order valence-electron chi connectivity index (χ0n) is 13.6. The van der Waals surface area contributed by atoms with Crippen LogP contribution in [0.15, 0.2) is 23.4 Å². The van der Waals surface area contributed by atoms with Crippen LogP contribution in [0.1, 0.15) is 36.3 Å². The summed E-state index contributed by atoms with van der Waals surface area (Å²) in [4.78, 5) is 18.3. The summed E-state index contributed by atoms with van der Waals surface area (Å²) in [6.45, 7) is 5.02. The number of amides is 1. The second kappa shape index (κ2) is 5.61. The molecule has 2 aromatic rings. The van der Waals surface area contributed by atoms with Gasteiger partial charge in [0.1, 0.15) is 0 Å². The fourth-order valence-corrected chi connectivity index (χ4v) is 2.84. The van der Waals surface area contributed by atoms with E-state index in [4.69, 9.17) is 0 Å². The lowest BCUT2D eigenvalue weighted by Crippen LogP contribution is -2.36. The van der Waals surface area contributed by atoms with Crippen molar-refractivity contribution in [1.29, 1.82) is 0 Å². The lowest BCUT2D eigenvalue weighted by molar-refractivity contribution is -0.140. The van der Waals surface area contributed by atoms with E-state index in [-0.39, 0.29) is 22.5 Å². The van der Waals surface area contributed by atoms with Gasteiger partial charge in [-0.1, -0.05) is 11.1 Å². The van der Waals surface area contributed by atoms with Gasteiger partial charge in [-0.2, -0.15) is 18.3 Å². The lowest BCUT2D eigenvalue weighted by atomic mass is 10.0. The Bertz CT molecular complexity index is 851. The van der Waals surface area contributed by atoms with Gasteiger partial charge in [-0.05, 0) is 26.3 Å². The van der Waals surface area contributed by atoms with Crippen molar-refractivity contribution >= 4 is 16.9 Å². The zero-order valence-corrected chi connectivity index (χ0v) is 13.6. The number of halogens is 3. The molecule has 24 heavy (non-hydrogen) atoms. The molecule has 0 radical (unpaired) electrons. The number of hydrogen-bond acceptors (Lipinski definition) is 3. The number of fused-ring (bicyclic) bond motifs is 1. The van der Waals surface area contributed by atoms with Crippen molar-refractivity contribution in [2.75, 3.05) is 13.1 Å². The van der Waals surface area contributed by atoms with E-state index in [9.17, 15) is 18.0 Å². The van der Waals surface area contributed by atoms with Crippen LogP contribution < -0.4 is 0 Å². The summed E-state index contributed by atoms with van der Waals surface area (Å²) in [5.74, 6) is -0.312. The number of alkyl halides is 3. The van der Waals surface area contributed by atoms with Crippen LogP contribution in [-0.2, 0) is 13.2 Å². The van der Waals surface area contributed by atoms with Gasteiger partial charge in [0, 0.05) is 26.3 Å². The first-order valence-electron chi connectivity index (χ1n) is 7.53. The van der Waals surface area contributed by atoms with E-state index in [1.807, 2.05) is 13.8 Å². The zero-order chi connectivity index (χ0) is 17.6. The Labute approximate surface area is 136 Å². The van der Waals surface area contributed by atoms with Crippen molar-refractivity contribution in [2.24, 2.45) is 7.05 Å². The average Bonchev–Trinajstić information content (AvgIpc) is 2.86. The fourth-order valence-electron chi connectivity index (χ4n) is 2.84. The van der Waals surface area contributed by atoms with Crippen molar-refractivity contribution in [1.82, 2.24) is 19.7 Å². The SMILES string of the molecule is CC1=C(C)CN(C(=O)c2cnc3c(c2)c(C(F)(F)F)nn3C)CC1. The molecule has 1 aliphatic rings. The van der Waals surface area contributed by atoms with Gasteiger partial charge in [-0.15, -0.1) is 0 Å². The Morgan fingerprint density at radius 1 is 1.25 bits per heavy atom. The topological polar surface area (TPSA) is 51.0 Å². The minimum atomic E-state index is -4.59. The number of rotatable bonds is 1. The number of carbonyl (C=O) groups excluding carboxylic acids is 1. The Morgan fingerprint density at radius 3 is 2.58 bits per heavy atom. The van der Waals surface area contributed by atoms with Gasteiger partial charge in [-0.3, -0.25) is 4.79 Å². The van der Waals surface area contributed by atoms with Crippen LogP contribution in [-0.4, -0.2) is 38.7 Å². The van der Waals surface area contributed by atoms with Crippen molar-refractivity contribution in [2.45, 2.75) is 26.4 Å². The summed E-state index contributed by atoms with van der Waals surface area (Å²) in [6, 6.07) is 1.24. The molecule has 0 saturated heterocycles. The Kier molecular flexibility index (Phi) is 3.85. The molecule has 0 aromatic carbocycles. The molecule has 5 nitrogen and oxygen atoms in total. The molecule has 3 heterocycles. The van der Waals surface area contributed by atoms with Crippen LogP contribution in [0.5, 0.6) is 0 Å². The predicted molar refractivity (Wildman–Crippen MR) is 82.4 cm³/mol. The summed E-state index contributed by atoms with van der Waals surface area (Å²) in [7, 11) is 1.40. The van der Waals surface area contributed by atoms with E-state index in [2.05, 4.69) is 10.1 Å². The van der Waals surface area contributed by atoms with E-state index in [0.717, 1.165) is 16.7 Å². The number of aryl methyl sites for hydroxylation is 1. The summed E-state index contributed by atoms with van der Waals surface area (Å²) in [6.07, 6.45) is -2.51. The lowest BCUT2D eigenvalue weighted by Gasteiger charge is -2.28. The van der Waals surface area contributed by atoms with Crippen LogP contribution in [0, 0.1) is 0 Å². The van der Waals surface area contributed by atoms with Gasteiger partial charge in [0.05, 0.1) is 10.9 Å². The van der Waals surface area contributed by atoms with Crippen LogP contribution in [0.25, 0.3) is 11.0 Å². The predicted octanol–water partition coefficient (Wildman–Crippen LogP) is 3.17. The molecule has 0 spiro atoms. The number of aromatic nitrogens is 3. The minimum Gasteiger partial charge on any atom is -0.334 e. The van der Waals surface area contributed by atoms with Crippen molar-refractivity contribution in [3.05, 3.63) is 34.7 Å². The monoisotopic (exact) mass is 338 g/mol. The molecule has 0 aliphatic carbocycles. The molecule has 0 fully saturated rings. The van der Waals surface area contributed by atoms with E-state index in [1.54, 1.807) is 4.90 Å². The molecule has 0 N–H and O–H groups in total. The molecule has 1 aliphatic heterocycles. The Hall–Kier alpha value is -2.38. The van der Waals surface area contributed by atoms with Crippen molar-refractivity contribution < 1.29 is 18.0 Å². The first kappa shape index (κ1) is 16.5. The summed E-state index contributed by atoms with van der Waals surface area (Å²) < 4.78 is 40.4. The highest BCUT2D eigenvalue weighted by Crippen LogP contribution is 2.33. The van der Waals surface area contributed by atoms with Gasteiger partial charge in [0.2, 0.25) is 0 Å². The van der Waals surface area contributed by atoms with Gasteiger partial charge < -0.3 is 4.90 Å². The van der Waals surface area contributed by atoms with Crippen molar-refractivity contribution in [3.8, 4) is 0 Å². The molecular formula is C16H17F3N4O. The Balaban J connectivity index is 2.00. The van der Waals surface area contributed by atoms with E-state index in [1.165, 1.54) is 24.9 Å². The van der Waals surface area contributed by atoms with Gasteiger partial charge in [0.15, 0.2) is 11.3 Å². The second-order valence-corrected chi connectivity index (χ2v) is 6.10. The molecule has 0 bridgehead atoms. The maximum absolute atomic E-state index is 13.1. The highest BCUT2D eigenvalue weighted by Gasteiger charge is 2.37. The quantitative estimate of drug-likeness (QED) is 0.751. The molecule has 3 rings (SSSR count). The van der Waals surface area contributed by atoms with Crippen LogP contribution >= 0.6 is 0 Å². The third kappa shape index (κ3) is 2.76. The molecule has 0 saturated carbocycles. The largest absolute Gasteiger partial charge is 0.435 e. The number of hydrogen-bond donors (Lipinski definition) is 0. The normalized spacial score (nSPS) is 16.2. The minimum absolute atomic E-state index is 0.101. The standard InChI is InChI=1S/C16H17F3N4O/c1-9-4-5-23(8-10(9)2)15(24)11-6-12-13(16(17,18)19)21-22(3)14(12)20-7-11/h6-7H,4-5,8H2,1-3H3. The summed E-state index contributed by atoms with van der Waals surface area (Å²) in [5, 5.41) is 3.34. The smallest absolute Gasteiger partial charge is 0.334 e. The van der Waals surface area contributed by atoms with E-state index >= 15 is 0 Å². The number of nitrogens with zero attached hydrogens (tertiary/aromatic N) is 4. The average molecular weight is 338 g/mol. The third-order valence-corrected chi connectivity index (χ3v) is 4.39. The van der Waals surface area contributed by atoms with Gasteiger partial charge in [-0.25, -0.2) is 9.67 Å². The van der Waals surface area contributed by atoms with Crippen LogP contribution in [0.4, 0.5) is 13.2 Å². The van der Waals surface area contributed by atoms with Crippen molar-refractivity contribution in [3.63, 3.8) is 0 Å². The molecule has 1 amide bonds. The van der Waals surface area contributed by atoms with E-state index < -0.39 is 11.9 Å². The molecular weight excluding hydrogens is 321 g/mol. The third-order valence-electron chi connectivity index (χ3n) is 4.39. The first-order chi connectivity index (χ1) is 11.2. The van der Waals surface area contributed by atoms with Gasteiger partial charge >= 0.3 is 6.18 Å². The number of carbonyl (C=O) groups is 1. The van der Waals surface area contributed by atoms with Gasteiger partial charge in [0.25, 0.3) is 5.91 Å². The molecule has 8 heteroatoms. The highest BCUT2D eigenvalue weighted by atomic mass is 19.4. The van der Waals surface area contributed by atoms with Crippen LogP contribution in [0.3, 0.4) is 0 Å². The summed E-state index contributed by atoms with van der Waals surface area (Å²) in [5.41, 5.74) is 1.59. The Morgan fingerprint density at radius 2 is 1.96 bits per heavy atom. The second-order valence-electron chi connectivity index (χ2n) is 6.10. The molecule has 128 valence electrons.